The summed E-state index contributed by atoms with van der Waals surface area (Å²) in [6.07, 6.45) is -0.250. The first-order chi connectivity index (χ1) is 17.0. The minimum absolute atomic E-state index is 0.450. The Morgan fingerprint density at radius 2 is 1.80 bits per heavy atom. The zero-order valence-electron chi connectivity index (χ0n) is 19.7. The molecule has 8 nitrogen and oxygen atoms in total. The molecule has 1 unspecified atom stereocenters. The lowest BCUT2D eigenvalue weighted by molar-refractivity contribution is -0.144. The molecule has 1 heterocycles. The van der Waals surface area contributed by atoms with Gasteiger partial charge in [0.1, 0.15) is 29.4 Å². The summed E-state index contributed by atoms with van der Waals surface area (Å²) < 4.78 is 22.7. The van der Waals surface area contributed by atoms with E-state index in [4.69, 9.17) is 23.7 Å². The summed E-state index contributed by atoms with van der Waals surface area (Å²) in [4.78, 5) is 17.8. The highest BCUT2D eigenvalue weighted by molar-refractivity contribution is 5.76. The summed E-state index contributed by atoms with van der Waals surface area (Å²) in [6, 6.07) is 23.1. The van der Waals surface area contributed by atoms with Crippen molar-refractivity contribution in [1.29, 1.82) is 0 Å². The summed E-state index contributed by atoms with van der Waals surface area (Å²) in [6.45, 7) is 3.13. The Morgan fingerprint density at radius 3 is 2.57 bits per heavy atom. The van der Waals surface area contributed by atoms with Gasteiger partial charge >= 0.3 is 5.97 Å². The molecule has 0 radical (unpaired) electrons. The zero-order valence-corrected chi connectivity index (χ0v) is 19.7. The number of fused-ring (bicyclic) bond motifs is 1. The molecule has 0 fully saturated rings. The fourth-order valence-electron chi connectivity index (χ4n) is 3.54. The number of benzene rings is 3. The van der Waals surface area contributed by atoms with Gasteiger partial charge in [-0.3, -0.25) is 0 Å². The number of methoxy groups -OCH3 is 1. The number of oxazole rings is 1. The van der Waals surface area contributed by atoms with Gasteiger partial charge in [0.05, 0.1) is 13.7 Å². The number of carboxylic acid groups (broad SMARTS) is 1. The summed E-state index contributed by atoms with van der Waals surface area (Å²) in [5, 5.41) is 9.10. The first kappa shape index (κ1) is 23.9. The molecule has 0 spiro atoms. The third kappa shape index (κ3) is 6.44. The molecule has 4 aromatic rings. The fourth-order valence-corrected chi connectivity index (χ4v) is 3.54. The molecule has 4 rings (SSSR count). The SMILES string of the molecule is COc1ccc2oc(N(CCOc3ccccc3)CCc3cccc(OC(C)C(=O)O)c3)nc2c1. The van der Waals surface area contributed by atoms with Crippen LogP contribution in [0.3, 0.4) is 0 Å². The topological polar surface area (TPSA) is 94.3 Å². The van der Waals surface area contributed by atoms with Crippen LogP contribution in [0.5, 0.6) is 17.2 Å². The van der Waals surface area contributed by atoms with Crippen molar-refractivity contribution in [1.82, 2.24) is 4.98 Å². The normalized spacial score (nSPS) is 11.7. The number of carbonyl (C=O) groups is 1. The number of hydrogen-bond acceptors (Lipinski definition) is 7. The van der Waals surface area contributed by atoms with Crippen LogP contribution in [0.25, 0.3) is 11.1 Å². The summed E-state index contributed by atoms with van der Waals surface area (Å²) in [5.74, 6) is 1.02. The van der Waals surface area contributed by atoms with Gasteiger partial charge in [0.2, 0.25) is 0 Å². The van der Waals surface area contributed by atoms with Gasteiger partial charge in [-0.25, -0.2) is 4.79 Å². The number of nitrogens with zero attached hydrogens (tertiary/aromatic N) is 2. The van der Waals surface area contributed by atoms with Crippen molar-refractivity contribution in [2.75, 3.05) is 31.7 Å². The number of aromatic nitrogens is 1. The lowest BCUT2D eigenvalue weighted by Gasteiger charge is -2.21. The van der Waals surface area contributed by atoms with E-state index in [1.54, 1.807) is 13.2 Å². The third-order valence-electron chi connectivity index (χ3n) is 5.46. The lowest BCUT2D eigenvalue weighted by Crippen LogP contribution is -2.30. The van der Waals surface area contributed by atoms with Crippen LogP contribution in [0.2, 0.25) is 0 Å². The first-order valence-electron chi connectivity index (χ1n) is 11.4. The molecule has 1 aromatic heterocycles. The molecular formula is C27H28N2O6. The van der Waals surface area contributed by atoms with Crippen LogP contribution in [0, 0.1) is 0 Å². The zero-order chi connectivity index (χ0) is 24.6. The molecule has 8 heteroatoms. The molecule has 0 saturated carbocycles. The molecule has 0 aliphatic heterocycles. The van der Waals surface area contributed by atoms with Gasteiger partial charge in [-0.15, -0.1) is 0 Å². The van der Waals surface area contributed by atoms with E-state index in [0.717, 1.165) is 11.3 Å². The van der Waals surface area contributed by atoms with Crippen LogP contribution in [0.1, 0.15) is 12.5 Å². The number of rotatable bonds is 12. The van der Waals surface area contributed by atoms with Crippen molar-refractivity contribution >= 4 is 23.1 Å². The van der Waals surface area contributed by atoms with Crippen LogP contribution in [-0.2, 0) is 11.2 Å². The maximum Gasteiger partial charge on any atom is 0.344 e. The summed E-state index contributed by atoms with van der Waals surface area (Å²) in [5.41, 5.74) is 2.39. The molecule has 1 N–H and O–H groups in total. The predicted octanol–water partition coefficient (Wildman–Crippen LogP) is 4.82. The number of carboxylic acids is 1. The van der Waals surface area contributed by atoms with Crippen molar-refractivity contribution in [2.45, 2.75) is 19.4 Å². The van der Waals surface area contributed by atoms with E-state index in [1.165, 1.54) is 6.92 Å². The highest BCUT2D eigenvalue weighted by atomic mass is 16.5. The maximum atomic E-state index is 11.1. The second kappa shape index (κ2) is 11.3. The standard InChI is InChI=1S/C27H28N2O6/c1-19(26(30)31)34-23-10-6-7-20(17-23)13-14-29(15-16-33-21-8-4-3-5-9-21)27-28-24-18-22(32-2)11-12-25(24)35-27/h3-12,17-19H,13-16H2,1-2H3,(H,30,31). The largest absolute Gasteiger partial charge is 0.497 e. The molecule has 0 saturated heterocycles. The van der Waals surface area contributed by atoms with E-state index < -0.39 is 12.1 Å². The van der Waals surface area contributed by atoms with Crippen molar-refractivity contribution < 1.29 is 28.5 Å². The van der Waals surface area contributed by atoms with Gasteiger partial charge in [0.15, 0.2) is 11.7 Å². The Balaban J connectivity index is 1.48. The minimum Gasteiger partial charge on any atom is -0.497 e. The van der Waals surface area contributed by atoms with Crippen molar-refractivity contribution in [3.8, 4) is 17.2 Å². The second-order valence-electron chi connectivity index (χ2n) is 7.97. The van der Waals surface area contributed by atoms with Crippen LogP contribution in [0.4, 0.5) is 6.01 Å². The highest BCUT2D eigenvalue weighted by Crippen LogP contribution is 2.26. The monoisotopic (exact) mass is 476 g/mol. The molecule has 0 aliphatic carbocycles. The van der Waals surface area contributed by atoms with E-state index in [0.29, 0.717) is 54.7 Å². The van der Waals surface area contributed by atoms with Crippen molar-refractivity contribution in [3.63, 3.8) is 0 Å². The van der Waals surface area contributed by atoms with E-state index in [9.17, 15) is 4.79 Å². The summed E-state index contributed by atoms with van der Waals surface area (Å²) >= 11 is 0. The summed E-state index contributed by atoms with van der Waals surface area (Å²) in [7, 11) is 1.62. The number of para-hydroxylation sites is 1. The fraction of sp³-hybridized carbons (Fsp3) is 0.259. The number of ether oxygens (including phenoxy) is 3. The van der Waals surface area contributed by atoms with Gasteiger partial charge in [0.25, 0.3) is 6.01 Å². The number of aliphatic carboxylic acids is 1. The Labute approximate surface area is 203 Å². The first-order valence-corrected chi connectivity index (χ1v) is 11.4. The smallest absolute Gasteiger partial charge is 0.344 e. The molecule has 1 atom stereocenters. The molecule has 35 heavy (non-hydrogen) atoms. The third-order valence-corrected chi connectivity index (χ3v) is 5.46. The van der Waals surface area contributed by atoms with E-state index in [2.05, 4.69) is 4.98 Å². The minimum atomic E-state index is -1.01. The lowest BCUT2D eigenvalue weighted by atomic mass is 10.1. The maximum absolute atomic E-state index is 11.1. The van der Waals surface area contributed by atoms with E-state index in [-0.39, 0.29) is 0 Å². The number of anilines is 1. The van der Waals surface area contributed by atoms with Gasteiger partial charge < -0.3 is 28.6 Å². The Hall–Kier alpha value is -4.20. The van der Waals surface area contributed by atoms with Gasteiger partial charge in [-0.2, -0.15) is 4.98 Å². The Morgan fingerprint density at radius 1 is 1.00 bits per heavy atom. The Bertz CT molecular complexity index is 1260. The number of hydrogen-bond donors (Lipinski definition) is 1. The van der Waals surface area contributed by atoms with E-state index >= 15 is 0 Å². The predicted molar refractivity (Wildman–Crippen MR) is 133 cm³/mol. The molecule has 0 amide bonds. The quantitative estimate of drug-likeness (QED) is 0.311. The van der Waals surface area contributed by atoms with Gasteiger partial charge in [-0.1, -0.05) is 30.3 Å². The average Bonchev–Trinajstić information content (AvgIpc) is 3.30. The van der Waals surface area contributed by atoms with E-state index in [1.807, 2.05) is 71.6 Å². The van der Waals surface area contributed by atoms with Gasteiger partial charge in [-0.05, 0) is 55.3 Å². The molecular weight excluding hydrogens is 448 g/mol. The molecule has 0 bridgehead atoms. The van der Waals surface area contributed by atoms with Gasteiger partial charge in [0, 0.05) is 12.6 Å². The highest BCUT2D eigenvalue weighted by Gasteiger charge is 2.16. The van der Waals surface area contributed by atoms with Crippen molar-refractivity contribution in [2.24, 2.45) is 0 Å². The average molecular weight is 477 g/mol. The van der Waals surface area contributed by atoms with Crippen LogP contribution in [-0.4, -0.2) is 49.0 Å². The Kier molecular flexibility index (Phi) is 7.72. The molecule has 0 aliphatic rings. The second-order valence-corrected chi connectivity index (χ2v) is 7.97. The van der Waals surface area contributed by atoms with Crippen LogP contribution < -0.4 is 19.1 Å². The van der Waals surface area contributed by atoms with Crippen LogP contribution in [0.15, 0.2) is 77.2 Å². The van der Waals surface area contributed by atoms with Crippen molar-refractivity contribution in [3.05, 3.63) is 78.4 Å². The molecule has 3 aromatic carbocycles. The molecule has 182 valence electrons. The van der Waals surface area contributed by atoms with Crippen LogP contribution >= 0.6 is 0 Å².